The average Bonchev–Trinajstić information content (AvgIpc) is 3.24. The Hall–Kier alpha value is -7.23. The third kappa shape index (κ3) is 7.32. The zero-order valence-corrected chi connectivity index (χ0v) is 28.9. The zero-order chi connectivity index (χ0) is 36.0. The summed E-state index contributed by atoms with van der Waals surface area (Å²) in [5, 5.41) is 12.6. The van der Waals surface area contributed by atoms with Gasteiger partial charge in [0, 0.05) is 16.7 Å². The van der Waals surface area contributed by atoms with Gasteiger partial charge in [-0.1, -0.05) is 152 Å². The maximum Gasteiger partial charge on any atom is 0.169 e. The van der Waals surface area contributed by atoms with E-state index in [1.54, 1.807) is 0 Å². The average molecular weight is 686 g/mol. The van der Waals surface area contributed by atoms with E-state index in [2.05, 4.69) is 102 Å². The van der Waals surface area contributed by atoms with Gasteiger partial charge in [-0.15, -0.1) is 0 Å². The van der Waals surface area contributed by atoms with E-state index in [9.17, 15) is 0 Å². The Labute approximate surface area is 309 Å². The number of hydrogen-bond acceptors (Lipinski definition) is 6. The predicted molar refractivity (Wildman–Crippen MR) is 214 cm³/mol. The van der Waals surface area contributed by atoms with E-state index in [0.29, 0.717) is 23.6 Å². The molecule has 3 N–H and O–H groups in total. The fourth-order valence-electron chi connectivity index (χ4n) is 6.40. The lowest BCUT2D eigenvalue weighted by Gasteiger charge is -2.22. The first-order valence-electron chi connectivity index (χ1n) is 17.5. The summed E-state index contributed by atoms with van der Waals surface area (Å²) in [4.78, 5) is 10.00. The van der Waals surface area contributed by atoms with Gasteiger partial charge in [-0.25, -0.2) is 9.98 Å². The number of rotatable bonds is 9. The van der Waals surface area contributed by atoms with Gasteiger partial charge in [-0.2, -0.15) is 5.26 Å². The van der Waals surface area contributed by atoms with Gasteiger partial charge < -0.3 is 15.8 Å². The van der Waals surface area contributed by atoms with Crippen LogP contribution in [0.3, 0.4) is 0 Å². The predicted octanol–water partition coefficient (Wildman–Crippen LogP) is 10.2. The van der Waals surface area contributed by atoms with Crippen LogP contribution in [0.2, 0.25) is 0 Å². The molecule has 6 heteroatoms. The van der Waals surface area contributed by atoms with Crippen LogP contribution in [-0.2, 0) is 6.61 Å². The van der Waals surface area contributed by atoms with E-state index in [-0.39, 0.29) is 6.17 Å². The number of anilines is 1. The van der Waals surface area contributed by atoms with E-state index in [0.717, 1.165) is 67.3 Å². The van der Waals surface area contributed by atoms with Gasteiger partial charge >= 0.3 is 0 Å². The Morgan fingerprint density at radius 1 is 0.547 bits per heavy atom. The van der Waals surface area contributed by atoms with Crippen LogP contribution in [0, 0.1) is 11.3 Å². The van der Waals surface area contributed by atoms with Crippen LogP contribution in [0.5, 0.6) is 5.75 Å². The molecule has 0 fully saturated rings. The van der Waals surface area contributed by atoms with Crippen LogP contribution in [-0.4, -0.2) is 11.7 Å². The smallest absolute Gasteiger partial charge is 0.169 e. The summed E-state index contributed by atoms with van der Waals surface area (Å²) in [5.74, 6) is 2.16. The Morgan fingerprint density at radius 2 is 1.04 bits per heavy atom. The van der Waals surface area contributed by atoms with Crippen LogP contribution in [0.1, 0.15) is 34.0 Å². The first kappa shape index (κ1) is 32.9. The molecule has 0 bridgehead atoms. The molecule has 1 heterocycles. The molecule has 1 aliphatic heterocycles. The molecule has 1 atom stereocenters. The number of ether oxygens (including phenoxy) is 1. The number of nitrogens with zero attached hydrogens (tertiary/aromatic N) is 3. The highest BCUT2D eigenvalue weighted by Crippen LogP contribution is 2.39. The number of nitrogen functional groups attached to an aromatic ring is 1. The van der Waals surface area contributed by atoms with Crippen LogP contribution < -0.4 is 15.8 Å². The highest BCUT2D eigenvalue weighted by Gasteiger charge is 2.21. The molecule has 8 rings (SSSR count). The molecule has 0 spiro atoms. The van der Waals surface area contributed by atoms with Crippen molar-refractivity contribution in [3.63, 3.8) is 0 Å². The summed E-state index contributed by atoms with van der Waals surface area (Å²) < 4.78 is 6.45. The number of amidine groups is 2. The van der Waals surface area contributed by atoms with Crippen molar-refractivity contribution in [2.45, 2.75) is 12.8 Å². The maximum absolute atomic E-state index is 9.13. The van der Waals surface area contributed by atoms with Crippen molar-refractivity contribution < 1.29 is 4.74 Å². The van der Waals surface area contributed by atoms with Gasteiger partial charge in [0.1, 0.15) is 24.0 Å². The van der Waals surface area contributed by atoms with Crippen molar-refractivity contribution in [1.82, 2.24) is 5.32 Å². The Morgan fingerprint density at radius 3 is 1.64 bits per heavy atom. The normalized spacial score (nSPS) is 13.6. The lowest BCUT2D eigenvalue weighted by atomic mass is 9.96. The third-order valence-electron chi connectivity index (χ3n) is 9.30. The Kier molecular flexibility index (Phi) is 9.29. The van der Waals surface area contributed by atoms with Crippen molar-refractivity contribution >= 4 is 17.4 Å². The zero-order valence-electron chi connectivity index (χ0n) is 28.9. The van der Waals surface area contributed by atoms with E-state index >= 15 is 0 Å². The molecular formula is C47H35N5O. The fraction of sp³-hybridized carbons (Fsp3) is 0.0426. The number of nitrogens with two attached hydrogens (primary N) is 1. The number of nitriles is 1. The first-order valence-corrected chi connectivity index (χ1v) is 17.5. The highest BCUT2D eigenvalue weighted by molar-refractivity contribution is 6.16. The Balaban J connectivity index is 1.08. The van der Waals surface area contributed by atoms with Gasteiger partial charge in [0.05, 0.1) is 17.3 Å². The molecular weight excluding hydrogens is 651 g/mol. The summed E-state index contributed by atoms with van der Waals surface area (Å²) in [6.07, 6.45) is -0.361. The van der Waals surface area contributed by atoms with Crippen molar-refractivity contribution in [2.24, 2.45) is 9.98 Å². The van der Waals surface area contributed by atoms with Crippen molar-refractivity contribution in [2.75, 3.05) is 5.73 Å². The second-order valence-electron chi connectivity index (χ2n) is 12.8. The van der Waals surface area contributed by atoms with E-state index in [1.807, 2.05) is 84.9 Å². The molecule has 0 aliphatic carbocycles. The lowest BCUT2D eigenvalue weighted by Crippen LogP contribution is -2.36. The minimum Gasteiger partial charge on any atom is -0.487 e. The van der Waals surface area contributed by atoms with Crippen LogP contribution in [0.4, 0.5) is 5.69 Å². The van der Waals surface area contributed by atoms with Crippen molar-refractivity contribution in [3.05, 3.63) is 204 Å². The molecule has 7 aromatic carbocycles. The lowest BCUT2D eigenvalue weighted by molar-refractivity contribution is 0.308. The van der Waals surface area contributed by atoms with Crippen LogP contribution >= 0.6 is 0 Å². The molecule has 0 aromatic heterocycles. The standard InChI is InChI=1S/C47H35N5O/c48-30-32-16-20-34(21-17-32)35-22-18-33(19-23-35)31-53-43-29-41(28-42(44(43)49)37-10-4-1-5-11-37)36-24-26-40(27-25-36)47-51-45(38-12-6-2-7-13-38)50-46(52-47)39-14-8-3-9-15-39/h1-29,45H,31,49H2,(H,50,51,52). The molecule has 1 unspecified atom stereocenters. The summed E-state index contributed by atoms with van der Waals surface area (Å²) in [6.45, 7) is 0.355. The monoisotopic (exact) mass is 685 g/mol. The molecule has 53 heavy (non-hydrogen) atoms. The quantitative estimate of drug-likeness (QED) is 0.148. The number of nitrogens with one attached hydrogen (secondary N) is 1. The molecule has 6 nitrogen and oxygen atoms in total. The van der Waals surface area contributed by atoms with Crippen molar-refractivity contribution in [3.8, 4) is 45.2 Å². The minimum absolute atomic E-state index is 0.355. The van der Waals surface area contributed by atoms with E-state index in [4.69, 9.17) is 25.7 Å². The summed E-state index contributed by atoms with van der Waals surface area (Å²) in [5.41, 5.74) is 18.1. The van der Waals surface area contributed by atoms with Gasteiger partial charge in [0.25, 0.3) is 0 Å². The van der Waals surface area contributed by atoms with Crippen LogP contribution in [0.15, 0.2) is 186 Å². The second-order valence-corrected chi connectivity index (χ2v) is 12.8. The SMILES string of the molecule is N#Cc1ccc(-c2ccc(COc3cc(-c4ccc(C5=NC(c6ccccc6)N=C(c6ccccc6)N5)cc4)cc(-c4ccccc4)c3N)cc2)cc1. The molecule has 0 radical (unpaired) electrons. The Bertz CT molecular complexity index is 2450. The maximum atomic E-state index is 9.13. The molecule has 1 aliphatic rings. The highest BCUT2D eigenvalue weighted by atomic mass is 16.5. The fourth-order valence-corrected chi connectivity index (χ4v) is 6.40. The molecule has 0 amide bonds. The van der Waals surface area contributed by atoms with E-state index < -0.39 is 0 Å². The largest absolute Gasteiger partial charge is 0.487 e. The number of aliphatic imine (C=N–C) groups is 2. The van der Waals surface area contributed by atoms with Crippen LogP contribution in [0.25, 0.3) is 33.4 Å². The van der Waals surface area contributed by atoms with Gasteiger partial charge in [0.2, 0.25) is 0 Å². The summed E-state index contributed by atoms with van der Waals surface area (Å²) >= 11 is 0. The number of benzene rings is 7. The first-order chi connectivity index (χ1) is 26.1. The van der Waals surface area contributed by atoms with Gasteiger partial charge in [-0.05, 0) is 63.2 Å². The van der Waals surface area contributed by atoms with E-state index in [1.165, 1.54) is 0 Å². The van der Waals surface area contributed by atoms with Gasteiger partial charge in [0.15, 0.2) is 6.17 Å². The molecule has 0 saturated heterocycles. The summed E-state index contributed by atoms with van der Waals surface area (Å²) in [6, 6.07) is 61.0. The minimum atomic E-state index is -0.361. The molecule has 7 aromatic rings. The third-order valence-corrected chi connectivity index (χ3v) is 9.30. The summed E-state index contributed by atoms with van der Waals surface area (Å²) in [7, 11) is 0. The number of hydrogen-bond donors (Lipinski definition) is 2. The second kappa shape index (κ2) is 14.9. The molecule has 254 valence electrons. The topological polar surface area (TPSA) is 95.8 Å². The van der Waals surface area contributed by atoms with Crippen molar-refractivity contribution in [1.29, 1.82) is 5.26 Å². The van der Waals surface area contributed by atoms with Gasteiger partial charge in [-0.3, -0.25) is 0 Å². The molecule has 0 saturated carbocycles.